The van der Waals surface area contributed by atoms with E-state index in [0.717, 1.165) is 19.1 Å². The van der Waals surface area contributed by atoms with Gasteiger partial charge in [-0.3, -0.25) is 9.18 Å². The van der Waals surface area contributed by atoms with Crippen molar-refractivity contribution in [3.05, 3.63) is 17.7 Å². The number of fused-ring (bicyclic) bond motifs is 1. The molecule has 5 heteroatoms. The van der Waals surface area contributed by atoms with Crippen LogP contribution in [0.25, 0.3) is 0 Å². The molecule has 0 N–H and O–H groups in total. The first-order valence-corrected chi connectivity index (χ1v) is 5.92. The maximum Gasteiger partial charge on any atom is 0.231 e. The molecule has 0 saturated carbocycles. The molecule has 1 aliphatic heterocycles. The van der Waals surface area contributed by atoms with Gasteiger partial charge in [0.1, 0.15) is 5.75 Å². The average molecular weight is 254 g/mol. The predicted octanol–water partition coefficient (Wildman–Crippen LogP) is 2.75. The molecule has 0 amide bonds. The number of ether oxygens (including phenoxy) is 3. The quantitative estimate of drug-likeness (QED) is 0.554. The predicted molar refractivity (Wildman–Crippen MR) is 63.3 cm³/mol. The van der Waals surface area contributed by atoms with Gasteiger partial charge >= 0.3 is 0 Å². The first-order valence-electron chi connectivity index (χ1n) is 5.92. The number of halogens is 1. The Labute approximate surface area is 105 Å². The number of unbranched alkanes of at least 4 members (excludes halogenated alkanes) is 2. The molecule has 1 aliphatic rings. The third-order valence-electron chi connectivity index (χ3n) is 2.67. The van der Waals surface area contributed by atoms with Crippen molar-refractivity contribution in [3.8, 4) is 17.2 Å². The highest BCUT2D eigenvalue weighted by atomic mass is 19.1. The van der Waals surface area contributed by atoms with Gasteiger partial charge in [-0.25, -0.2) is 0 Å². The first-order chi connectivity index (χ1) is 8.85. The standard InChI is InChI=1S/C13H15FO4/c14-4-2-1-3-5-16-11-7-13-12(17-9-18-13)6-10(11)8-15/h6-8H,1-5,9H2. The lowest BCUT2D eigenvalue weighted by atomic mass is 10.2. The molecule has 0 radical (unpaired) electrons. The maximum atomic E-state index is 11.9. The second kappa shape index (κ2) is 6.23. The molecule has 98 valence electrons. The van der Waals surface area contributed by atoms with Crippen molar-refractivity contribution in [2.75, 3.05) is 20.1 Å². The maximum absolute atomic E-state index is 11.9. The molecule has 18 heavy (non-hydrogen) atoms. The summed E-state index contributed by atoms with van der Waals surface area (Å²) in [6.45, 7) is 0.317. The van der Waals surface area contributed by atoms with Gasteiger partial charge in [0, 0.05) is 6.07 Å². The Morgan fingerprint density at radius 2 is 2.00 bits per heavy atom. The van der Waals surface area contributed by atoms with Gasteiger partial charge < -0.3 is 14.2 Å². The fourth-order valence-electron chi connectivity index (χ4n) is 1.71. The second-order valence-electron chi connectivity index (χ2n) is 3.96. The number of carbonyl (C=O) groups excluding carboxylic acids is 1. The molecular weight excluding hydrogens is 239 g/mol. The zero-order chi connectivity index (χ0) is 12.8. The highest BCUT2D eigenvalue weighted by molar-refractivity contribution is 5.81. The van der Waals surface area contributed by atoms with Crippen LogP contribution in [0.4, 0.5) is 4.39 Å². The minimum absolute atomic E-state index is 0.160. The Morgan fingerprint density at radius 1 is 1.22 bits per heavy atom. The lowest BCUT2D eigenvalue weighted by Gasteiger charge is -2.09. The van der Waals surface area contributed by atoms with E-state index in [4.69, 9.17) is 14.2 Å². The number of benzene rings is 1. The van der Waals surface area contributed by atoms with Gasteiger partial charge in [-0.2, -0.15) is 0 Å². The summed E-state index contributed by atoms with van der Waals surface area (Å²) in [5.74, 6) is 1.62. The van der Waals surface area contributed by atoms with E-state index < -0.39 is 0 Å². The Hall–Kier alpha value is -1.78. The zero-order valence-electron chi connectivity index (χ0n) is 9.99. The molecule has 4 nitrogen and oxygen atoms in total. The number of alkyl halides is 1. The number of hydrogen-bond acceptors (Lipinski definition) is 4. The molecule has 2 rings (SSSR count). The van der Waals surface area contributed by atoms with Gasteiger partial charge in [-0.1, -0.05) is 0 Å². The molecule has 0 fully saturated rings. The average Bonchev–Trinajstić information content (AvgIpc) is 2.84. The number of aldehydes is 1. The van der Waals surface area contributed by atoms with Gasteiger partial charge in [0.2, 0.25) is 6.79 Å². The summed E-state index contributed by atoms with van der Waals surface area (Å²) in [5, 5.41) is 0. The number of carbonyl (C=O) groups is 1. The lowest BCUT2D eigenvalue weighted by molar-refractivity contribution is 0.111. The summed E-state index contributed by atoms with van der Waals surface area (Å²) >= 11 is 0. The van der Waals surface area contributed by atoms with Crippen LogP contribution in [0, 0.1) is 0 Å². The van der Waals surface area contributed by atoms with Crippen molar-refractivity contribution in [1.82, 2.24) is 0 Å². The van der Waals surface area contributed by atoms with Gasteiger partial charge in [0.05, 0.1) is 18.8 Å². The minimum atomic E-state index is -0.302. The molecule has 1 heterocycles. The third kappa shape index (κ3) is 2.91. The molecule has 0 saturated heterocycles. The van der Waals surface area contributed by atoms with Crippen molar-refractivity contribution < 1.29 is 23.4 Å². The zero-order valence-corrected chi connectivity index (χ0v) is 9.99. The molecule has 0 aliphatic carbocycles. The van der Waals surface area contributed by atoms with E-state index in [1.165, 1.54) is 0 Å². The Balaban J connectivity index is 1.96. The van der Waals surface area contributed by atoms with Crippen molar-refractivity contribution >= 4 is 6.29 Å². The minimum Gasteiger partial charge on any atom is -0.493 e. The van der Waals surface area contributed by atoms with Crippen LogP contribution in [0.1, 0.15) is 29.6 Å². The van der Waals surface area contributed by atoms with Crippen LogP contribution in [-0.4, -0.2) is 26.4 Å². The molecule has 0 bridgehead atoms. The van der Waals surface area contributed by atoms with Gasteiger partial charge in [0.25, 0.3) is 0 Å². The van der Waals surface area contributed by atoms with Crippen LogP contribution in [0.15, 0.2) is 12.1 Å². The summed E-state index contributed by atoms with van der Waals surface area (Å²) < 4.78 is 27.8. The topological polar surface area (TPSA) is 44.8 Å². The van der Waals surface area contributed by atoms with E-state index in [0.29, 0.717) is 35.8 Å². The molecule has 0 aromatic heterocycles. The SMILES string of the molecule is O=Cc1cc2c(cc1OCCCCCF)OCO2. The van der Waals surface area contributed by atoms with Crippen molar-refractivity contribution in [3.63, 3.8) is 0 Å². The van der Waals surface area contributed by atoms with Gasteiger partial charge in [-0.15, -0.1) is 0 Å². The lowest BCUT2D eigenvalue weighted by Crippen LogP contribution is -2.00. The monoisotopic (exact) mass is 254 g/mol. The van der Waals surface area contributed by atoms with Gasteiger partial charge in [-0.05, 0) is 25.3 Å². The Kier molecular flexibility index (Phi) is 4.39. The molecule has 0 unspecified atom stereocenters. The Morgan fingerprint density at radius 3 is 2.72 bits per heavy atom. The summed E-state index contributed by atoms with van der Waals surface area (Å²) in [7, 11) is 0. The van der Waals surface area contributed by atoms with E-state index >= 15 is 0 Å². The van der Waals surface area contributed by atoms with E-state index in [1.807, 2.05) is 0 Å². The first kappa shape index (κ1) is 12.7. The summed E-state index contributed by atoms with van der Waals surface area (Å²) in [6, 6.07) is 3.26. The number of rotatable bonds is 7. The fourth-order valence-corrected chi connectivity index (χ4v) is 1.71. The smallest absolute Gasteiger partial charge is 0.231 e. The van der Waals surface area contributed by atoms with Crippen LogP contribution < -0.4 is 14.2 Å². The van der Waals surface area contributed by atoms with E-state index in [-0.39, 0.29) is 13.5 Å². The summed E-state index contributed by atoms with van der Waals surface area (Å²) in [6.07, 6.45) is 2.80. The summed E-state index contributed by atoms with van der Waals surface area (Å²) in [5.41, 5.74) is 0.435. The number of hydrogen-bond donors (Lipinski definition) is 0. The van der Waals surface area contributed by atoms with Crippen molar-refractivity contribution in [2.45, 2.75) is 19.3 Å². The second-order valence-corrected chi connectivity index (χ2v) is 3.96. The van der Waals surface area contributed by atoms with Crippen LogP contribution >= 0.6 is 0 Å². The third-order valence-corrected chi connectivity index (χ3v) is 2.67. The molecule has 0 atom stereocenters. The highest BCUT2D eigenvalue weighted by Gasteiger charge is 2.17. The van der Waals surface area contributed by atoms with Crippen molar-refractivity contribution in [1.29, 1.82) is 0 Å². The van der Waals surface area contributed by atoms with E-state index in [9.17, 15) is 9.18 Å². The van der Waals surface area contributed by atoms with Crippen molar-refractivity contribution in [2.24, 2.45) is 0 Å². The normalized spacial score (nSPS) is 12.5. The molecule has 0 spiro atoms. The fraction of sp³-hybridized carbons (Fsp3) is 0.462. The molecule has 1 aromatic carbocycles. The Bertz CT molecular complexity index is 420. The van der Waals surface area contributed by atoms with Crippen LogP contribution in [-0.2, 0) is 0 Å². The van der Waals surface area contributed by atoms with Crippen LogP contribution in [0.5, 0.6) is 17.2 Å². The van der Waals surface area contributed by atoms with E-state index in [2.05, 4.69) is 0 Å². The van der Waals surface area contributed by atoms with E-state index in [1.54, 1.807) is 12.1 Å². The van der Waals surface area contributed by atoms with Crippen LogP contribution in [0.2, 0.25) is 0 Å². The largest absolute Gasteiger partial charge is 0.493 e. The summed E-state index contributed by atoms with van der Waals surface area (Å²) in [4.78, 5) is 10.9. The van der Waals surface area contributed by atoms with Gasteiger partial charge in [0.15, 0.2) is 17.8 Å². The highest BCUT2D eigenvalue weighted by Crippen LogP contribution is 2.37. The van der Waals surface area contributed by atoms with Crippen LogP contribution in [0.3, 0.4) is 0 Å². The molecular formula is C13H15FO4. The molecule has 1 aromatic rings.